The zero-order valence-electron chi connectivity index (χ0n) is 11.1. The minimum Gasteiger partial charge on any atom is -0.319 e. The van der Waals surface area contributed by atoms with Gasteiger partial charge in [0.1, 0.15) is 12.0 Å². The highest BCUT2D eigenvalue weighted by molar-refractivity contribution is 9.10. The third-order valence-corrected chi connectivity index (χ3v) is 3.71. The van der Waals surface area contributed by atoms with Crippen LogP contribution in [0.4, 0.5) is 5.69 Å². The fourth-order valence-corrected chi connectivity index (χ4v) is 2.32. The summed E-state index contributed by atoms with van der Waals surface area (Å²) in [5.41, 5.74) is 0.725. The Kier molecular flexibility index (Phi) is 4.17. The van der Waals surface area contributed by atoms with Gasteiger partial charge in [-0.3, -0.25) is 9.36 Å². The molecule has 0 aliphatic heterocycles. The molecule has 0 aliphatic rings. The SMILES string of the molecule is O=C(Nc1ccccc1Cl)c1nc(-n2ccnc2)ncc1Br. The van der Waals surface area contributed by atoms with Crippen molar-refractivity contribution in [2.75, 3.05) is 5.32 Å². The Balaban J connectivity index is 1.92. The first-order valence-corrected chi connectivity index (χ1v) is 7.39. The summed E-state index contributed by atoms with van der Waals surface area (Å²) in [5, 5.41) is 3.18. The summed E-state index contributed by atoms with van der Waals surface area (Å²) < 4.78 is 2.10. The van der Waals surface area contributed by atoms with Crippen LogP contribution in [0.1, 0.15) is 10.5 Å². The van der Waals surface area contributed by atoms with E-state index in [2.05, 4.69) is 36.2 Å². The topological polar surface area (TPSA) is 72.7 Å². The van der Waals surface area contributed by atoms with Crippen molar-refractivity contribution in [3.63, 3.8) is 0 Å². The number of nitrogens with zero attached hydrogens (tertiary/aromatic N) is 4. The van der Waals surface area contributed by atoms with E-state index in [-0.39, 0.29) is 11.6 Å². The molecule has 22 heavy (non-hydrogen) atoms. The minimum atomic E-state index is -0.385. The van der Waals surface area contributed by atoms with E-state index < -0.39 is 0 Å². The number of imidazole rings is 1. The summed E-state index contributed by atoms with van der Waals surface area (Å²) in [4.78, 5) is 24.7. The van der Waals surface area contributed by atoms with Crippen LogP contribution in [0.25, 0.3) is 5.95 Å². The number of anilines is 1. The Hall–Kier alpha value is -2.25. The normalized spacial score (nSPS) is 10.5. The maximum atomic E-state index is 12.4. The average Bonchev–Trinajstić information content (AvgIpc) is 3.04. The fraction of sp³-hybridized carbons (Fsp3) is 0. The summed E-state index contributed by atoms with van der Waals surface area (Å²) in [6.07, 6.45) is 6.37. The second kappa shape index (κ2) is 6.25. The van der Waals surface area contributed by atoms with E-state index in [1.54, 1.807) is 47.6 Å². The number of benzene rings is 1. The molecule has 6 nitrogen and oxygen atoms in total. The van der Waals surface area contributed by atoms with Gasteiger partial charge in [-0.2, -0.15) is 0 Å². The van der Waals surface area contributed by atoms with Crippen molar-refractivity contribution in [2.24, 2.45) is 0 Å². The summed E-state index contributed by atoms with van der Waals surface area (Å²) in [6.45, 7) is 0. The van der Waals surface area contributed by atoms with Crippen LogP contribution in [-0.4, -0.2) is 25.4 Å². The van der Waals surface area contributed by atoms with Gasteiger partial charge in [0.25, 0.3) is 5.91 Å². The molecule has 0 fully saturated rings. The number of carbonyl (C=O) groups excluding carboxylic acids is 1. The first kappa shape index (κ1) is 14.7. The summed E-state index contributed by atoms with van der Waals surface area (Å²) in [6, 6.07) is 6.98. The standard InChI is InChI=1S/C14H9BrClN5O/c15-9-7-18-14(21-6-5-17-8-21)20-12(9)13(22)19-11-4-2-1-3-10(11)16/h1-8H,(H,19,22). The van der Waals surface area contributed by atoms with Crippen molar-refractivity contribution < 1.29 is 4.79 Å². The molecule has 0 spiro atoms. The number of amides is 1. The van der Waals surface area contributed by atoms with Crippen molar-refractivity contribution in [3.8, 4) is 5.95 Å². The molecule has 8 heteroatoms. The first-order chi connectivity index (χ1) is 10.6. The van der Waals surface area contributed by atoms with E-state index >= 15 is 0 Å². The fourth-order valence-electron chi connectivity index (χ4n) is 1.76. The van der Waals surface area contributed by atoms with Gasteiger partial charge in [-0.15, -0.1) is 0 Å². The molecule has 0 unspecified atom stereocenters. The summed E-state index contributed by atoms with van der Waals surface area (Å²) in [5.74, 6) is -0.0336. The molecule has 0 aliphatic carbocycles. The van der Waals surface area contributed by atoms with Crippen LogP contribution >= 0.6 is 27.5 Å². The van der Waals surface area contributed by atoms with Crippen molar-refractivity contribution in [1.82, 2.24) is 19.5 Å². The molecule has 110 valence electrons. The van der Waals surface area contributed by atoms with Crippen LogP contribution in [0, 0.1) is 0 Å². The number of halogens is 2. The maximum Gasteiger partial charge on any atom is 0.275 e. The number of nitrogens with one attached hydrogen (secondary N) is 1. The van der Waals surface area contributed by atoms with E-state index in [9.17, 15) is 4.79 Å². The largest absolute Gasteiger partial charge is 0.319 e. The number of carbonyl (C=O) groups is 1. The Morgan fingerprint density at radius 3 is 2.86 bits per heavy atom. The van der Waals surface area contributed by atoms with E-state index in [0.717, 1.165) is 0 Å². The quantitative estimate of drug-likeness (QED) is 0.759. The lowest BCUT2D eigenvalue weighted by atomic mass is 10.3. The van der Waals surface area contributed by atoms with Gasteiger partial charge in [0, 0.05) is 18.6 Å². The molecule has 2 aromatic heterocycles. The van der Waals surface area contributed by atoms with E-state index in [4.69, 9.17) is 11.6 Å². The van der Waals surface area contributed by atoms with Gasteiger partial charge in [-0.05, 0) is 28.1 Å². The number of hydrogen-bond acceptors (Lipinski definition) is 4. The van der Waals surface area contributed by atoms with Gasteiger partial charge in [0.05, 0.1) is 15.2 Å². The number of para-hydroxylation sites is 1. The lowest BCUT2D eigenvalue weighted by Crippen LogP contribution is -2.16. The molecule has 1 aromatic carbocycles. The highest BCUT2D eigenvalue weighted by Gasteiger charge is 2.15. The van der Waals surface area contributed by atoms with Crippen molar-refractivity contribution in [2.45, 2.75) is 0 Å². The minimum absolute atomic E-state index is 0.207. The molecule has 0 radical (unpaired) electrons. The third-order valence-electron chi connectivity index (χ3n) is 2.80. The number of hydrogen-bond donors (Lipinski definition) is 1. The van der Waals surface area contributed by atoms with Crippen LogP contribution in [0.2, 0.25) is 5.02 Å². The predicted octanol–water partition coefficient (Wildman–Crippen LogP) is 3.33. The van der Waals surface area contributed by atoms with E-state index in [1.165, 1.54) is 6.20 Å². The third kappa shape index (κ3) is 3.00. The van der Waals surface area contributed by atoms with Crippen LogP contribution in [0.15, 0.2) is 53.7 Å². The molecule has 0 atom stereocenters. The molecule has 1 N–H and O–H groups in total. The van der Waals surface area contributed by atoms with Crippen molar-refractivity contribution in [1.29, 1.82) is 0 Å². The summed E-state index contributed by atoms with van der Waals surface area (Å²) in [7, 11) is 0. The first-order valence-electron chi connectivity index (χ1n) is 6.22. The Bertz CT molecular complexity index is 822. The van der Waals surface area contributed by atoms with E-state index in [1.807, 2.05) is 0 Å². The Morgan fingerprint density at radius 1 is 1.32 bits per heavy atom. The van der Waals surface area contributed by atoms with Gasteiger partial charge in [0.15, 0.2) is 0 Å². The number of rotatable bonds is 3. The van der Waals surface area contributed by atoms with Crippen LogP contribution in [0.3, 0.4) is 0 Å². The highest BCUT2D eigenvalue weighted by atomic mass is 79.9. The molecule has 3 aromatic rings. The van der Waals surface area contributed by atoms with Crippen molar-refractivity contribution >= 4 is 39.1 Å². The van der Waals surface area contributed by atoms with Crippen LogP contribution in [-0.2, 0) is 0 Å². The van der Waals surface area contributed by atoms with Crippen LogP contribution < -0.4 is 5.32 Å². The predicted molar refractivity (Wildman–Crippen MR) is 86.3 cm³/mol. The lowest BCUT2D eigenvalue weighted by Gasteiger charge is -2.09. The summed E-state index contributed by atoms with van der Waals surface area (Å²) >= 11 is 9.32. The van der Waals surface area contributed by atoms with Gasteiger partial charge in [-0.1, -0.05) is 23.7 Å². The molecule has 2 heterocycles. The lowest BCUT2D eigenvalue weighted by molar-refractivity contribution is 0.102. The smallest absolute Gasteiger partial charge is 0.275 e. The van der Waals surface area contributed by atoms with E-state index in [0.29, 0.717) is 21.1 Å². The Labute approximate surface area is 139 Å². The average molecular weight is 379 g/mol. The van der Waals surface area contributed by atoms with Gasteiger partial charge < -0.3 is 5.32 Å². The Morgan fingerprint density at radius 2 is 2.14 bits per heavy atom. The monoisotopic (exact) mass is 377 g/mol. The zero-order chi connectivity index (χ0) is 15.5. The van der Waals surface area contributed by atoms with Crippen LogP contribution in [0.5, 0.6) is 0 Å². The van der Waals surface area contributed by atoms with Gasteiger partial charge in [0.2, 0.25) is 5.95 Å². The zero-order valence-corrected chi connectivity index (χ0v) is 13.4. The second-order valence-corrected chi connectivity index (χ2v) is 5.53. The van der Waals surface area contributed by atoms with Crippen molar-refractivity contribution in [3.05, 3.63) is 64.4 Å². The molecule has 0 saturated carbocycles. The van der Waals surface area contributed by atoms with Gasteiger partial charge >= 0.3 is 0 Å². The van der Waals surface area contributed by atoms with Gasteiger partial charge in [-0.25, -0.2) is 15.0 Å². The molecule has 1 amide bonds. The molecular formula is C14H9BrClN5O. The molecule has 0 bridgehead atoms. The highest BCUT2D eigenvalue weighted by Crippen LogP contribution is 2.22. The molecule has 0 saturated heterocycles. The maximum absolute atomic E-state index is 12.4. The molecular weight excluding hydrogens is 370 g/mol. The second-order valence-electron chi connectivity index (χ2n) is 4.27. The number of aromatic nitrogens is 4. The molecule has 3 rings (SSSR count).